The van der Waals surface area contributed by atoms with E-state index in [1.54, 1.807) is 59.3 Å². The monoisotopic (exact) mass is 738 g/mol. The van der Waals surface area contributed by atoms with Crippen molar-refractivity contribution in [2.75, 3.05) is 24.3 Å². The molecule has 2 heterocycles. The normalized spacial score (nSPS) is 11.6. The van der Waals surface area contributed by atoms with Crippen molar-refractivity contribution in [1.29, 1.82) is 0 Å². The molecular weight excluding hydrogens is 714 g/mol. The van der Waals surface area contributed by atoms with Gasteiger partial charge in [0.25, 0.3) is 5.91 Å². The second kappa shape index (κ2) is 14.7. The maximum Gasteiger partial charge on any atom is 0.516 e. The van der Waals surface area contributed by atoms with E-state index in [2.05, 4.69) is 20.3 Å². The summed E-state index contributed by atoms with van der Waals surface area (Å²) in [4.78, 5) is 34.0. The van der Waals surface area contributed by atoms with Crippen LogP contribution in [0.3, 0.4) is 0 Å². The highest BCUT2D eigenvalue weighted by Crippen LogP contribution is 2.37. The maximum absolute atomic E-state index is 13.2. The molecule has 0 aliphatic rings. The van der Waals surface area contributed by atoms with Crippen LogP contribution in [0.4, 0.5) is 43.4 Å². The molecule has 51 heavy (non-hydrogen) atoms. The van der Waals surface area contributed by atoms with E-state index in [-0.39, 0.29) is 34.5 Å². The Balaban J connectivity index is 0.000000755. The zero-order valence-corrected chi connectivity index (χ0v) is 26.8. The average Bonchev–Trinajstić information content (AvgIpc) is 3.07. The predicted molar refractivity (Wildman–Crippen MR) is 172 cm³/mol. The van der Waals surface area contributed by atoms with Crippen molar-refractivity contribution in [3.8, 4) is 34.1 Å². The number of carbonyl (C=O) groups is 2. The first-order chi connectivity index (χ1) is 23.8. The van der Waals surface area contributed by atoms with Gasteiger partial charge in [0.1, 0.15) is 0 Å². The third-order valence-electron chi connectivity index (χ3n) is 6.66. The topological polar surface area (TPSA) is 196 Å². The number of hydrogen-bond acceptors (Lipinski definition) is 10. The number of carboxylic acid groups (broad SMARTS) is 1. The Morgan fingerprint density at radius 1 is 0.824 bits per heavy atom. The Kier molecular flexibility index (Phi) is 10.9. The molecule has 0 radical (unpaired) electrons. The van der Waals surface area contributed by atoms with Crippen LogP contribution in [-0.2, 0) is 14.8 Å². The molecule has 0 aliphatic carbocycles. The van der Waals surface area contributed by atoms with Crippen LogP contribution in [0.1, 0.15) is 10.4 Å². The summed E-state index contributed by atoms with van der Waals surface area (Å²) in [6.45, 7) is 0. The van der Waals surface area contributed by atoms with Gasteiger partial charge in [0.05, 0.1) is 42.2 Å². The predicted octanol–water partition coefficient (Wildman–Crippen LogP) is 6.11. The number of methoxy groups -OCH3 is 2. The van der Waals surface area contributed by atoms with E-state index in [1.807, 2.05) is 0 Å². The van der Waals surface area contributed by atoms with E-state index in [0.29, 0.717) is 33.2 Å². The highest BCUT2D eigenvalue weighted by Gasteiger charge is 2.46. The number of aliphatic carboxylic acids is 1. The molecule has 5 N–H and O–H groups in total. The second-order valence-electron chi connectivity index (χ2n) is 10.1. The van der Waals surface area contributed by atoms with Crippen molar-refractivity contribution in [3.63, 3.8) is 0 Å². The fraction of sp³-hybridized carbons (Fsp3) is 0.129. The van der Waals surface area contributed by atoms with E-state index in [9.17, 15) is 39.6 Å². The lowest BCUT2D eigenvalue weighted by molar-refractivity contribution is -0.192. The lowest BCUT2D eigenvalue weighted by atomic mass is 10.0. The smallest absolute Gasteiger partial charge is 0.480 e. The number of anilines is 3. The SMILES string of the molecule is COc1ncc(-c2ccc3c(Nc4cc(NS(=O)(=O)C(F)(F)F)cc(-c5ccccc5)c4)c(C(N)=O)cnc3c2)c(OC)n1.O=C(O)C(F)(F)F. The number of alkyl halides is 6. The number of sulfonamides is 1. The summed E-state index contributed by atoms with van der Waals surface area (Å²) < 4.78 is 107. The number of nitrogens with two attached hydrogens (primary N) is 1. The number of rotatable bonds is 9. The molecule has 0 saturated carbocycles. The van der Waals surface area contributed by atoms with E-state index < -0.39 is 33.6 Å². The van der Waals surface area contributed by atoms with Crippen molar-refractivity contribution >= 4 is 49.9 Å². The molecule has 13 nitrogen and oxygen atoms in total. The Labute approximate surface area is 284 Å². The first-order valence-electron chi connectivity index (χ1n) is 13.9. The van der Waals surface area contributed by atoms with Gasteiger partial charge in [-0.3, -0.25) is 14.5 Å². The number of amides is 1. The number of halogens is 6. The van der Waals surface area contributed by atoms with Crippen molar-refractivity contribution in [3.05, 3.63) is 84.7 Å². The molecular formula is C31H24F6N6O7S. The van der Waals surface area contributed by atoms with Crippen molar-refractivity contribution < 1.29 is 58.9 Å². The van der Waals surface area contributed by atoms with Crippen molar-refractivity contribution in [2.45, 2.75) is 11.7 Å². The summed E-state index contributed by atoms with van der Waals surface area (Å²) in [5.74, 6) is -3.34. The van der Waals surface area contributed by atoms with Crippen LogP contribution in [0.5, 0.6) is 11.9 Å². The van der Waals surface area contributed by atoms with Gasteiger partial charge in [-0.15, -0.1) is 0 Å². The summed E-state index contributed by atoms with van der Waals surface area (Å²) in [5.41, 5.74) is 2.63. The van der Waals surface area contributed by atoms with Crippen LogP contribution < -0.4 is 25.2 Å². The van der Waals surface area contributed by atoms with Crippen molar-refractivity contribution in [1.82, 2.24) is 15.0 Å². The molecule has 5 rings (SSSR count). The molecule has 0 bridgehead atoms. The average molecular weight is 739 g/mol. The van der Waals surface area contributed by atoms with Gasteiger partial charge in [0, 0.05) is 23.5 Å². The Bertz CT molecular complexity index is 2200. The largest absolute Gasteiger partial charge is 0.516 e. The number of benzene rings is 3. The van der Waals surface area contributed by atoms with Crippen LogP contribution in [0, 0.1) is 0 Å². The van der Waals surface area contributed by atoms with E-state index >= 15 is 0 Å². The molecule has 268 valence electrons. The van der Waals surface area contributed by atoms with E-state index in [4.69, 9.17) is 25.1 Å². The number of aromatic nitrogens is 3. The molecule has 20 heteroatoms. The van der Waals surface area contributed by atoms with Gasteiger partial charge < -0.3 is 25.6 Å². The summed E-state index contributed by atoms with van der Waals surface area (Å²) >= 11 is 0. The number of carbonyl (C=O) groups excluding carboxylic acids is 1. The van der Waals surface area contributed by atoms with Crippen LogP contribution in [0.15, 0.2) is 79.1 Å². The molecule has 0 saturated heterocycles. The van der Waals surface area contributed by atoms with Crippen LogP contribution in [0.2, 0.25) is 0 Å². The standard InChI is InChI=1S/C29H23F3N6O5S.C2HF3O2/c1-42-27-22(14-35-28(37-27)43-2)17-8-9-21-24(12-17)34-15-23(26(33)39)25(21)36-19-10-18(16-6-4-3-5-7-16)11-20(13-19)38-44(40,41)29(30,31)32;3-2(4,5)1(6)7/h3-15,38H,1-2H3,(H2,33,39)(H,34,36);(H,6,7). The van der Waals surface area contributed by atoms with Gasteiger partial charge in [0.15, 0.2) is 0 Å². The Morgan fingerprint density at radius 3 is 2.04 bits per heavy atom. The minimum atomic E-state index is -5.73. The minimum absolute atomic E-state index is 0.0156. The number of carboxylic acids is 1. The third-order valence-corrected chi connectivity index (χ3v) is 7.78. The molecule has 0 aliphatic heterocycles. The molecule has 3 aromatic carbocycles. The number of nitrogens with one attached hydrogen (secondary N) is 2. The fourth-order valence-electron chi connectivity index (χ4n) is 4.40. The summed E-state index contributed by atoms with van der Waals surface area (Å²) in [5, 5.41) is 10.6. The van der Waals surface area contributed by atoms with Gasteiger partial charge in [-0.2, -0.15) is 39.7 Å². The highest BCUT2D eigenvalue weighted by molar-refractivity contribution is 7.93. The lowest BCUT2D eigenvalue weighted by Crippen LogP contribution is -2.29. The maximum atomic E-state index is 13.2. The van der Waals surface area contributed by atoms with Gasteiger partial charge in [-0.05, 0) is 41.0 Å². The van der Waals surface area contributed by atoms with E-state index in [0.717, 1.165) is 0 Å². The molecule has 0 unspecified atom stereocenters. The van der Waals surface area contributed by atoms with Crippen LogP contribution >= 0.6 is 0 Å². The first-order valence-corrected chi connectivity index (χ1v) is 15.4. The summed E-state index contributed by atoms with van der Waals surface area (Å²) in [7, 11) is -2.86. The van der Waals surface area contributed by atoms with Gasteiger partial charge >= 0.3 is 33.7 Å². The minimum Gasteiger partial charge on any atom is -0.480 e. The fourth-order valence-corrected chi connectivity index (χ4v) is 4.94. The highest BCUT2D eigenvalue weighted by atomic mass is 32.2. The Morgan fingerprint density at radius 2 is 1.47 bits per heavy atom. The molecule has 0 fully saturated rings. The quantitative estimate of drug-likeness (QED) is 0.127. The number of fused-ring (bicyclic) bond motifs is 1. The number of nitrogens with zero attached hydrogens (tertiary/aromatic N) is 3. The number of pyridine rings is 1. The zero-order valence-electron chi connectivity index (χ0n) is 26.0. The third kappa shape index (κ3) is 8.90. The number of primary amides is 1. The summed E-state index contributed by atoms with van der Waals surface area (Å²) in [6, 6.07) is 17.8. The number of ether oxygens (including phenoxy) is 2. The van der Waals surface area contributed by atoms with Crippen LogP contribution in [0.25, 0.3) is 33.2 Å². The molecule has 2 aromatic heterocycles. The molecule has 5 aromatic rings. The summed E-state index contributed by atoms with van der Waals surface area (Å²) in [6.07, 6.45) is -2.31. The lowest BCUT2D eigenvalue weighted by Gasteiger charge is -2.17. The second-order valence-corrected chi connectivity index (χ2v) is 11.7. The first kappa shape index (κ1) is 37.6. The number of hydrogen-bond donors (Lipinski definition) is 4. The van der Waals surface area contributed by atoms with Crippen molar-refractivity contribution in [2.24, 2.45) is 5.73 Å². The van der Waals surface area contributed by atoms with Gasteiger partial charge in [-0.1, -0.05) is 42.5 Å². The molecule has 0 atom stereocenters. The zero-order chi connectivity index (χ0) is 37.7. The molecule has 1 amide bonds. The van der Waals surface area contributed by atoms with Crippen LogP contribution in [-0.4, -0.2) is 66.3 Å². The van der Waals surface area contributed by atoms with E-state index in [1.165, 1.54) is 38.7 Å². The Hall–Kier alpha value is -6.18. The van der Waals surface area contributed by atoms with Gasteiger partial charge in [-0.25, -0.2) is 9.78 Å². The van der Waals surface area contributed by atoms with Gasteiger partial charge in [0.2, 0.25) is 5.88 Å². The molecule has 0 spiro atoms.